The smallest absolute Gasteiger partial charge is 0.219 e. The van der Waals surface area contributed by atoms with Crippen molar-refractivity contribution in [3.63, 3.8) is 0 Å². The number of imidazole rings is 1. The van der Waals surface area contributed by atoms with Crippen LogP contribution in [0, 0.1) is 0 Å². The minimum atomic E-state index is 0.178. The summed E-state index contributed by atoms with van der Waals surface area (Å²) in [5, 5.41) is 4.14. The van der Waals surface area contributed by atoms with E-state index in [9.17, 15) is 4.79 Å². The van der Waals surface area contributed by atoms with Gasteiger partial charge < -0.3 is 15.9 Å². The largest absolute Gasteiger partial charge is 0.412 e. The zero-order chi connectivity index (χ0) is 30.4. The maximum atomic E-state index is 12.3. The van der Waals surface area contributed by atoms with Crippen molar-refractivity contribution >= 4 is 27.8 Å². The number of hydrogen-bond donors (Lipinski definition) is 2. The van der Waals surface area contributed by atoms with Crippen LogP contribution in [-0.4, -0.2) is 40.3 Å². The molecule has 0 spiro atoms. The number of unbranched alkanes of at least 4 members (excludes halogenated alkanes) is 16. The van der Waals surface area contributed by atoms with E-state index in [1.54, 1.807) is 0 Å². The first-order valence-electron chi connectivity index (χ1n) is 17.6. The normalized spacial score (nSPS) is 11.5. The van der Waals surface area contributed by atoms with E-state index in [0.29, 0.717) is 26.1 Å². The zero-order valence-corrected chi connectivity index (χ0v) is 27.1. The summed E-state index contributed by atoms with van der Waals surface area (Å²) in [6, 6.07) is 8.11. The molecule has 1 amide bonds. The number of fused-ring (bicyclic) bond motifs is 3. The van der Waals surface area contributed by atoms with Crippen molar-refractivity contribution in [2.24, 2.45) is 5.73 Å². The number of benzene rings is 1. The highest BCUT2D eigenvalue weighted by Gasteiger charge is 2.15. The van der Waals surface area contributed by atoms with E-state index in [0.717, 1.165) is 72.7 Å². The van der Waals surface area contributed by atoms with Gasteiger partial charge in [-0.25, -0.2) is 4.98 Å². The Morgan fingerprint density at radius 3 is 2.12 bits per heavy atom. The first-order valence-corrected chi connectivity index (χ1v) is 17.6. The molecular weight excluding hydrogens is 534 g/mol. The minimum Gasteiger partial charge on any atom is -0.412 e. The van der Waals surface area contributed by atoms with Gasteiger partial charge in [-0.2, -0.15) is 4.73 Å². The van der Waals surface area contributed by atoms with Crippen LogP contribution in [0.1, 0.15) is 141 Å². The fraction of sp³-hybridized carbons (Fsp3) is 0.694. The summed E-state index contributed by atoms with van der Waals surface area (Å²) in [6.07, 6.45) is 27.1. The van der Waals surface area contributed by atoms with Gasteiger partial charge in [0.2, 0.25) is 5.91 Å². The van der Waals surface area contributed by atoms with Gasteiger partial charge in [-0.1, -0.05) is 115 Å². The van der Waals surface area contributed by atoms with Crippen LogP contribution in [0.3, 0.4) is 0 Å². The van der Waals surface area contributed by atoms with Crippen LogP contribution < -0.4 is 15.9 Å². The average Bonchev–Trinajstić information content (AvgIpc) is 3.38. The van der Waals surface area contributed by atoms with Crippen molar-refractivity contribution in [1.29, 1.82) is 0 Å². The lowest BCUT2D eigenvalue weighted by Crippen LogP contribution is -2.24. The van der Waals surface area contributed by atoms with Crippen molar-refractivity contribution < 1.29 is 9.63 Å². The Balaban J connectivity index is 1.22. The Bertz CT molecular complexity index is 1160. The number of rotatable bonds is 26. The molecule has 0 saturated heterocycles. The summed E-state index contributed by atoms with van der Waals surface area (Å²) >= 11 is 0. The lowest BCUT2D eigenvalue weighted by Gasteiger charge is -2.12. The number of amides is 1. The van der Waals surface area contributed by atoms with Crippen molar-refractivity contribution in [3.8, 4) is 0 Å². The van der Waals surface area contributed by atoms with Crippen LogP contribution in [0.15, 0.2) is 30.5 Å². The maximum Gasteiger partial charge on any atom is 0.219 e. The molecule has 0 atom stereocenters. The van der Waals surface area contributed by atoms with E-state index < -0.39 is 0 Å². The fourth-order valence-corrected chi connectivity index (χ4v) is 5.80. The molecule has 3 N–H and O–H groups in total. The van der Waals surface area contributed by atoms with Crippen LogP contribution in [0.25, 0.3) is 21.9 Å². The number of nitrogens with one attached hydrogen (secondary N) is 1. The summed E-state index contributed by atoms with van der Waals surface area (Å²) in [5.74, 6) is 1.09. The standard InChI is InChI=1S/C36H59N5O2/c1-2-3-4-5-6-7-8-9-10-11-12-13-14-15-16-26-35(42)38-28-21-22-29-43-41-34(25-19-20-27-37)40-33-30-39-32-24-18-17-23-31(32)36(33)41/h17-18,23-24,30H,2-16,19-22,25-29,37H2,1H3,(H,38,42). The number of aryl methyl sites for hydroxylation is 1. The van der Waals surface area contributed by atoms with E-state index in [1.165, 1.54) is 83.5 Å². The fourth-order valence-electron chi connectivity index (χ4n) is 5.80. The topological polar surface area (TPSA) is 95.1 Å². The van der Waals surface area contributed by atoms with Crippen LogP contribution in [-0.2, 0) is 11.2 Å². The molecule has 0 saturated carbocycles. The molecule has 0 unspecified atom stereocenters. The number of carbonyl (C=O) groups is 1. The second-order valence-electron chi connectivity index (χ2n) is 12.2. The van der Waals surface area contributed by atoms with Crippen LogP contribution in [0.5, 0.6) is 0 Å². The molecule has 1 aromatic carbocycles. The van der Waals surface area contributed by atoms with E-state index in [-0.39, 0.29) is 5.91 Å². The number of hydrogen-bond acceptors (Lipinski definition) is 5. The molecule has 0 fully saturated rings. The van der Waals surface area contributed by atoms with Gasteiger partial charge in [-0.05, 0) is 44.7 Å². The zero-order valence-electron chi connectivity index (χ0n) is 27.1. The van der Waals surface area contributed by atoms with Crippen molar-refractivity contribution in [3.05, 3.63) is 36.3 Å². The molecule has 2 aromatic heterocycles. The first kappa shape index (κ1) is 34.8. The number of nitrogens with zero attached hydrogens (tertiary/aromatic N) is 3. The Morgan fingerprint density at radius 2 is 1.44 bits per heavy atom. The predicted octanol–water partition coefficient (Wildman–Crippen LogP) is 8.45. The lowest BCUT2D eigenvalue weighted by atomic mass is 10.0. The van der Waals surface area contributed by atoms with Gasteiger partial charge in [0.15, 0.2) is 0 Å². The Labute approximate surface area is 260 Å². The van der Waals surface area contributed by atoms with Gasteiger partial charge in [0, 0.05) is 24.8 Å². The monoisotopic (exact) mass is 593 g/mol. The van der Waals surface area contributed by atoms with Gasteiger partial charge in [0.25, 0.3) is 0 Å². The highest BCUT2D eigenvalue weighted by molar-refractivity contribution is 6.02. The Morgan fingerprint density at radius 1 is 0.791 bits per heavy atom. The second kappa shape index (κ2) is 21.9. The summed E-state index contributed by atoms with van der Waals surface area (Å²) in [7, 11) is 0. The van der Waals surface area contributed by atoms with Crippen LogP contribution in [0.2, 0.25) is 0 Å². The molecule has 240 valence electrons. The van der Waals surface area contributed by atoms with Gasteiger partial charge in [-0.3, -0.25) is 9.78 Å². The molecule has 0 aliphatic rings. The summed E-state index contributed by atoms with van der Waals surface area (Å²) < 4.78 is 1.91. The van der Waals surface area contributed by atoms with E-state index in [2.05, 4.69) is 23.3 Å². The lowest BCUT2D eigenvalue weighted by molar-refractivity contribution is -0.121. The van der Waals surface area contributed by atoms with E-state index in [1.807, 2.05) is 29.1 Å². The van der Waals surface area contributed by atoms with Gasteiger partial charge in [0.1, 0.15) is 23.5 Å². The van der Waals surface area contributed by atoms with E-state index in [4.69, 9.17) is 15.6 Å². The molecule has 43 heavy (non-hydrogen) atoms. The molecule has 3 rings (SSSR count). The minimum absolute atomic E-state index is 0.178. The third-order valence-electron chi connectivity index (χ3n) is 8.39. The molecule has 0 aliphatic heterocycles. The molecule has 0 aliphatic carbocycles. The third-order valence-corrected chi connectivity index (χ3v) is 8.39. The Kier molecular flexibility index (Phi) is 17.8. The number of para-hydroxylation sites is 1. The average molecular weight is 594 g/mol. The highest BCUT2D eigenvalue weighted by atomic mass is 16.7. The predicted molar refractivity (Wildman–Crippen MR) is 180 cm³/mol. The number of nitrogens with two attached hydrogens (primary N) is 1. The quantitative estimate of drug-likeness (QED) is 0.0911. The number of aromatic nitrogens is 3. The Hall–Kier alpha value is -2.67. The molecule has 0 bridgehead atoms. The maximum absolute atomic E-state index is 12.3. The van der Waals surface area contributed by atoms with E-state index >= 15 is 0 Å². The van der Waals surface area contributed by atoms with Crippen LogP contribution in [0.4, 0.5) is 0 Å². The van der Waals surface area contributed by atoms with Crippen molar-refractivity contribution in [2.45, 2.75) is 142 Å². The van der Waals surface area contributed by atoms with Gasteiger partial charge >= 0.3 is 0 Å². The molecule has 0 radical (unpaired) electrons. The van der Waals surface area contributed by atoms with Crippen molar-refractivity contribution in [1.82, 2.24) is 20.0 Å². The number of pyridine rings is 1. The number of carbonyl (C=O) groups excluding carboxylic acids is 1. The first-order chi connectivity index (χ1) is 21.2. The summed E-state index contributed by atoms with van der Waals surface area (Å²) in [4.78, 5) is 27.9. The summed E-state index contributed by atoms with van der Waals surface area (Å²) in [5.41, 5.74) is 8.48. The van der Waals surface area contributed by atoms with Gasteiger partial charge in [0.05, 0.1) is 11.7 Å². The molecular formula is C36H59N5O2. The third kappa shape index (κ3) is 13.2. The molecule has 3 aromatic rings. The summed E-state index contributed by atoms with van der Waals surface area (Å²) in [6.45, 7) is 4.23. The molecule has 2 heterocycles. The SMILES string of the molecule is CCCCCCCCCCCCCCCCCC(=O)NCCCCOn1c(CCCCN)nc2cnc3ccccc3c21. The van der Waals surface area contributed by atoms with Crippen molar-refractivity contribution in [2.75, 3.05) is 19.7 Å². The van der Waals surface area contributed by atoms with Gasteiger partial charge in [-0.15, -0.1) is 0 Å². The highest BCUT2D eigenvalue weighted by Crippen LogP contribution is 2.24. The second-order valence-corrected chi connectivity index (χ2v) is 12.2. The molecule has 7 nitrogen and oxygen atoms in total. The molecule has 7 heteroatoms. The van der Waals surface area contributed by atoms with Crippen LogP contribution >= 0.6 is 0 Å².